The summed E-state index contributed by atoms with van der Waals surface area (Å²) in [7, 11) is 0. The predicted molar refractivity (Wildman–Crippen MR) is 90.4 cm³/mol. The number of phenols is 1. The van der Waals surface area contributed by atoms with Crippen molar-refractivity contribution < 1.29 is 19.8 Å². The molecule has 0 saturated heterocycles. The van der Waals surface area contributed by atoms with Crippen LogP contribution in [0.4, 0.5) is 0 Å². The molecule has 4 nitrogen and oxygen atoms in total. The molecular formula is C20H14O4. The molecule has 0 aliphatic rings. The van der Waals surface area contributed by atoms with E-state index in [1.165, 1.54) is 6.07 Å². The van der Waals surface area contributed by atoms with E-state index in [-0.39, 0.29) is 22.7 Å². The SMILES string of the molecule is O=C(O)c1ccc(-c2ccc(C(=O)c3ccccc3O)cc2)cc1. The van der Waals surface area contributed by atoms with Crippen molar-refractivity contribution in [1.82, 2.24) is 0 Å². The van der Waals surface area contributed by atoms with E-state index in [1.54, 1.807) is 66.7 Å². The Labute approximate surface area is 138 Å². The van der Waals surface area contributed by atoms with Crippen LogP contribution in [0.5, 0.6) is 5.75 Å². The number of hydrogen-bond acceptors (Lipinski definition) is 3. The fourth-order valence-electron chi connectivity index (χ4n) is 2.44. The van der Waals surface area contributed by atoms with E-state index in [0.29, 0.717) is 5.56 Å². The highest BCUT2D eigenvalue weighted by Gasteiger charge is 2.13. The molecule has 0 fully saturated rings. The number of carboxylic acids is 1. The predicted octanol–water partition coefficient (Wildman–Crippen LogP) is 3.99. The third-order valence-corrected chi connectivity index (χ3v) is 3.76. The van der Waals surface area contributed by atoms with Crippen molar-refractivity contribution in [1.29, 1.82) is 0 Å². The topological polar surface area (TPSA) is 74.6 Å². The normalized spacial score (nSPS) is 10.3. The third-order valence-electron chi connectivity index (χ3n) is 3.76. The van der Waals surface area contributed by atoms with Gasteiger partial charge in [0.15, 0.2) is 5.78 Å². The van der Waals surface area contributed by atoms with Crippen molar-refractivity contribution in [3.63, 3.8) is 0 Å². The quantitative estimate of drug-likeness (QED) is 0.713. The van der Waals surface area contributed by atoms with Crippen LogP contribution < -0.4 is 0 Å². The monoisotopic (exact) mass is 318 g/mol. The summed E-state index contributed by atoms with van der Waals surface area (Å²) in [5.41, 5.74) is 2.70. The van der Waals surface area contributed by atoms with Crippen LogP contribution in [0.15, 0.2) is 72.8 Å². The van der Waals surface area contributed by atoms with Gasteiger partial charge in [-0.25, -0.2) is 4.79 Å². The van der Waals surface area contributed by atoms with Crippen molar-refractivity contribution in [3.05, 3.63) is 89.5 Å². The van der Waals surface area contributed by atoms with Gasteiger partial charge >= 0.3 is 5.97 Å². The first-order valence-electron chi connectivity index (χ1n) is 7.33. The minimum Gasteiger partial charge on any atom is -0.507 e. The van der Waals surface area contributed by atoms with Crippen LogP contribution in [0.3, 0.4) is 0 Å². The first-order valence-corrected chi connectivity index (χ1v) is 7.33. The summed E-state index contributed by atoms with van der Waals surface area (Å²) in [5.74, 6) is -1.26. The number of aromatic carboxylic acids is 1. The van der Waals surface area contributed by atoms with Crippen molar-refractivity contribution in [2.45, 2.75) is 0 Å². The Morgan fingerprint density at radius 1 is 0.667 bits per heavy atom. The molecule has 0 atom stereocenters. The zero-order chi connectivity index (χ0) is 17.1. The largest absolute Gasteiger partial charge is 0.507 e. The van der Waals surface area contributed by atoms with Gasteiger partial charge in [-0.05, 0) is 35.4 Å². The van der Waals surface area contributed by atoms with Crippen LogP contribution in [-0.2, 0) is 0 Å². The summed E-state index contributed by atoms with van der Waals surface area (Å²) < 4.78 is 0. The molecule has 0 spiro atoms. The van der Waals surface area contributed by atoms with E-state index in [1.807, 2.05) is 0 Å². The smallest absolute Gasteiger partial charge is 0.335 e. The Morgan fingerprint density at radius 2 is 1.17 bits per heavy atom. The standard InChI is InChI=1S/C20H14O4/c21-18-4-2-1-3-17(18)19(22)15-9-5-13(6-10-15)14-7-11-16(12-8-14)20(23)24/h1-12,21H,(H,23,24). The molecule has 0 aromatic heterocycles. The maximum absolute atomic E-state index is 12.4. The summed E-state index contributed by atoms with van der Waals surface area (Å²) in [6.45, 7) is 0. The lowest BCUT2D eigenvalue weighted by atomic mass is 9.98. The summed E-state index contributed by atoms with van der Waals surface area (Å²) in [6.07, 6.45) is 0. The number of hydrogen-bond donors (Lipinski definition) is 2. The summed E-state index contributed by atoms with van der Waals surface area (Å²) >= 11 is 0. The van der Waals surface area contributed by atoms with Gasteiger partial charge in [-0.3, -0.25) is 4.79 Å². The van der Waals surface area contributed by atoms with Gasteiger partial charge in [0, 0.05) is 5.56 Å². The second-order valence-corrected chi connectivity index (χ2v) is 5.31. The number of carboxylic acid groups (broad SMARTS) is 1. The van der Waals surface area contributed by atoms with E-state index in [4.69, 9.17) is 5.11 Å². The van der Waals surface area contributed by atoms with Crippen molar-refractivity contribution in [3.8, 4) is 16.9 Å². The van der Waals surface area contributed by atoms with Gasteiger partial charge < -0.3 is 10.2 Å². The summed E-state index contributed by atoms with van der Waals surface area (Å²) in [6, 6.07) is 19.9. The molecule has 3 rings (SSSR count). The van der Waals surface area contributed by atoms with Crippen LogP contribution in [0, 0.1) is 0 Å². The fraction of sp³-hybridized carbons (Fsp3) is 0. The highest BCUT2D eigenvalue weighted by Crippen LogP contribution is 2.23. The van der Waals surface area contributed by atoms with Crippen LogP contribution >= 0.6 is 0 Å². The molecule has 118 valence electrons. The lowest BCUT2D eigenvalue weighted by molar-refractivity contribution is 0.0696. The van der Waals surface area contributed by atoms with E-state index in [0.717, 1.165) is 11.1 Å². The number of phenolic OH excluding ortho intramolecular Hbond substituents is 1. The highest BCUT2D eigenvalue weighted by molar-refractivity contribution is 6.10. The number of rotatable bonds is 4. The van der Waals surface area contributed by atoms with Crippen molar-refractivity contribution in [2.75, 3.05) is 0 Å². The molecule has 3 aromatic rings. The van der Waals surface area contributed by atoms with Crippen LogP contribution in [0.1, 0.15) is 26.3 Å². The molecule has 3 aromatic carbocycles. The highest BCUT2D eigenvalue weighted by atomic mass is 16.4. The van der Waals surface area contributed by atoms with Crippen LogP contribution in [-0.4, -0.2) is 22.0 Å². The second kappa shape index (κ2) is 6.38. The van der Waals surface area contributed by atoms with Crippen LogP contribution in [0.25, 0.3) is 11.1 Å². The molecular weight excluding hydrogens is 304 g/mol. The maximum Gasteiger partial charge on any atom is 0.335 e. The van der Waals surface area contributed by atoms with Gasteiger partial charge in [0.2, 0.25) is 0 Å². The fourth-order valence-corrected chi connectivity index (χ4v) is 2.44. The molecule has 0 unspecified atom stereocenters. The Bertz CT molecular complexity index is 894. The number of para-hydroxylation sites is 1. The van der Waals surface area contributed by atoms with E-state index in [9.17, 15) is 14.7 Å². The molecule has 2 N–H and O–H groups in total. The van der Waals surface area contributed by atoms with Gasteiger partial charge in [-0.15, -0.1) is 0 Å². The molecule has 4 heteroatoms. The molecule has 24 heavy (non-hydrogen) atoms. The summed E-state index contributed by atoms with van der Waals surface area (Å²) in [4.78, 5) is 23.3. The van der Waals surface area contributed by atoms with Gasteiger partial charge in [-0.2, -0.15) is 0 Å². The molecule has 0 amide bonds. The van der Waals surface area contributed by atoms with E-state index in [2.05, 4.69) is 0 Å². The Morgan fingerprint density at radius 3 is 1.67 bits per heavy atom. The van der Waals surface area contributed by atoms with Gasteiger partial charge in [0.25, 0.3) is 0 Å². The molecule has 0 aliphatic heterocycles. The average molecular weight is 318 g/mol. The van der Waals surface area contributed by atoms with E-state index >= 15 is 0 Å². The van der Waals surface area contributed by atoms with Crippen molar-refractivity contribution in [2.24, 2.45) is 0 Å². The van der Waals surface area contributed by atoms with Gasteiger partial charge in [-0.1, -0.05) is 48.5 Å². The van der Waals surface area contributed by atoms with Crippen molar-refractivity contribution >= 4 is 11.8 Å². The van der Waals surface area contributed by atoms with Gasteiger partial charge in [0.1, 0.15) is 5.75 Å². The molecule has 0 aliphatic carbocycles. The second-order valence-electron chi connectivity index (χ2n) is 5.31. The Balaban J connectivity index is 1.87. The number of ketones is 1. The first kappa shape index (κ1) is 15.5. The molecule has 0 bridgehead atoms. The Hall–Kier alpha value is -3.40. The lowest BCUT2D eigenvalue weighted by Gasteiger charge is -2.06. The zero-order valence-corrected chi connectivity index (χ0v) is 12.6. The minimum absolute atomic E-state index is 0.0455. The van der Waals surface area contributed by atoms with E-state index < -0.39 is 5.97 Å². The molecule has 0 heterocycles. The number of benzene rings is 3. The van der Waals surface area contributed by atoms with Crippen LogP contribution in [0.2, 0.25) is 0 Å². The van der Waals surface area contributed by atoms with Gasteiger partial charge in [0.05, 0.1) is 11.1 Å². The molecule has 0 saturated carbocycles. The third kappa shape index (κ3) is 3.03. The maximum atomic E-state index is 12.4. The zero-order valence-electron chi connectivity index (χ0n) is 12.6. The number of aromatic hydroxyl groups is 1. The number of carbonyl (C=O) groups is 2. The minimum atomic E-state index is -0.967. The molecule has 0 radical (unpaired) electrons. The summed E-state index contributed by atoms with van der Waals surface area (Å²) in [5, 5.41) is 18.7. The first-order chi connectivity index (χ1) is 11.6. The average Bonchev–Trinajstić information content (AvgIpc) is 2.62. The number of carbonyl (C=O) groups excluding carboxylic acids is 1. The Kier molecular flexibility index (Phi) is 4.12. The lowest BCUT2D eigenvalue weighted by Crippen LogP contribution is -2.01.